The number of nitrogens with zero attached hydrogens (tertiary/aromatic N) is 1. The summed E-state index contributed by atoms with van der Waals surface area (Å²) in [5, 5.41) is 3.49. The fourth-order valence-electron chi connectivity index (χ4n) is 1.95. The maximum atomic E-state index is 11.5. The Balaban J connectivity index is 1.73. The van der Waals surface area contributed by atoms with Crippen LogP contribution in [-0.4, -0.2) is 37.6 Å². The monoisotopic (exact) mass is 354 g/mol. The quantitative estimate of drug-likeness (QED) is 0.729. The van der Waals surface area contributed by atoms with Gasteiger partial charge in [0.2, 0.25) is 5.91 Å². The van der Waals surface area contributed by atoms with Gasteiger partial charge in [-0.2, -0.15) is 0 Å². The number of hydrogen-bond donors (Lipinski definition) is 1. The predicted molar refractivity (Wildman–Crippen MR) is 87.4 cm³/mol. The van der Waals surface area contributed by atoms with Gasteiger partial charge in [-0.3, -0.25) is 4.79 Å². The van der Waals surface area contributed by atoms with Crippen LogP contribution >= 0.6 is 15.9 Å². The molecule has 1 N–H and O–H groups in total. The molecule has 1 aromatic carbocycles. The molecule has 0 atom stereocenters. The van der Waals surface area contributed by atoms with Crippen LogP contribution in [0.1, 0.15) is 31.2 Å². The van der Waals surface area contributed by atoms with Gasteiger partial charge in [0.15, 0.2) is 0 Å². The maximum absolute atomic E-state index is 11.5. The molecule has 1 aromatic rings. The van der Waals surface area contributed by atoms with E-state index in [2.05, 4.69) is 33.4 Å². The Morgan fingerprint density at radius 3 is 2.81 bits per heavy atom. The SMILES string of the molecule is CN(C)C(=O)CCCOc1ccc(CNC2CC2)cc1Br. The number of halogens is 1. The van der Waals surface area contributed by atoms with Crippen LogP contribution in [0, 0.1) is 0 Å². The lowest BCUT2D eigenvalue weighted by molar-refractivity contribution is -0.128. The molecular formula is C16H23BrN2O2. The van der Waals surface area contributed by atoms with Crippen molar-refractivity contribution in [2.45, 2.75) is 38.3 Å². The molecule has 5 heteroatoms. The summed E-state index contributed by atoms with van der Waals surface area (Å²) in [7, 11) is 3.54. The van der Waals surface area contributed by atoms with Crippen LogP contribution in [0.4, 0.5) is 0 Å². The number of nitrogens with one attached hydrogen (secondary N) is 1. The van der Waals surface area contributed by atoms with Gasteiger partial charge in [-0.05, 0) is 52.9 Å². The summed E-state index contributed by atoms with van der Waals surface area (Å²) in [5.41, 5.74) is 1.25. The van der Waals surface area contributed by atoms with Crippen molar-refractivity contribution in [3.05, 3.63) is 28.2 Å². The van der Waals surface area contributed by atoms with Gasteiger partial charge in [0.1, 0.15) is 5.75 Å². The normalized spacial score (nSPS) is 14.0. The number of carbonyl (C=O) groups is 1. The van der Waals surface area contributed by atoms with Gasteiger partial charge in [0, 0.05) is 33.1 Å². The molecule has 116 valence electrons. The fraction of sp³-hybridized carbons (Fsp3) is 0.562. The van der Waals surface area contributed by atoms with Gasteiger partial charge in [0.25, 0.3) is 0 Å². The fourth-order valence-corrected chi connectivity index (χ4v) is 2.49. The lowest BCUT2D eigenvalue weighted by atomic mass is 10.2. The van der Waals surface area contributed by atoms with Crippen molar-refractivity contribution in [3.63, 3.8) is 0 Å². The van der Waals surface area contributed by atoms with Crippen molar-refractivity contribution in [2.75, 3.05) is 20.7 Å². The Bertz CT molecular complexity index is 487. The van der Waals surface area contributed by atoms with Crippen LogP contribution in [0.5, 0.6) is 5.75 Å². The first-order valence-electron chi connectivity index (χ1n) is 7.41. The number of amides is 1. The van der Waals surface area contributed by atoms with E-state index in [-0.39, 0.29) is 5.91 Å². The molecule has 0 aromatic heterocycles. The first kappa shape index (κ1) is 16.3. The van der Waals surface area contributed by atoms with Gasteiger partial charge >= 0.3 is 0 Å². The van der Waals surface area contributed by atoms with Crippen LogP contribution in [0.3, 0.4) is 0 Å². The zero-order valence-corrected chi connectivity index (χ0v) is 14.3. The van der Waals surface area contributed by atoms with E-state index in [0.29, 0.717) is 19.1 Å². The van der Waals surface area contributed by atoms with E-state index in [0.717, 1.165) is 23.2 Å². The summed E-state index contributed by atoms with van der Waals surface area (Å²) >= 11 is 3.55. The lowest BCUT2D eigenvalue weighted by Crippen LogP contribution is -2.21. The van der Waals surface area contributed by atoms with Gasteiger partial charge in [-0.25, -0.2) is 0 Å². The molecule has 0 radical (unpaired) electrons. The number of ether oxygens (including phenoxy) is 1. The van der Waals surface area contributed by atoms with E-state index in [4.69, 9.17) is 4.74 Å². The summed E-state index contributed by atoms with van der Waals surface area (Å²) < 4.78 is 6.69. The molecule has 0 unspecified atom stereocenters. The largest absolute Gasteiger partial charge is 0.492 e. The van der Waals surface area contributed by atoms with Crippen molar-refractivity contribution in [3.8, 4) is 5.75 Å². The molecule has 0 spiro atoms. The molecule has 0 aliphatic heterocycles. The highest BCUT2D eigenvalue weighted by Crippen LogP contribution is 2.27. The van der Waals surface area contributed by atoms with E-state index in [1.807, 2.05) is 6.07 Å². The van der Waals surface area contributed by atoms with Crippen molar-refractivity contribution in [1.82, 2.24) is 10.2 Å². The number of rotatable bonds is 8. The number of hydrogen-bond acceptors (Lipinski definition) is 3. The second kappa shape index (κ2) is 7.80. The van der Waals surface area contributed by atoms with Crippen LogP contribution in [0.25, 0.3) is 0 Å². The molecule has 1 aliphatic rings. The smallest absolute Gasteiger partial charge is 0.222 e. The van der Waals surface area contributed by atoms with Crippen LogP contribution in [0.15, 0.2) is 22.7 Å². The molecule has 1 aliphatic carbocycles. The second-order valence-corrected chi connectivity index (χ2v) is 6.51. The summed E-state index contributed by atoms with van der Waals surface area (Å²) in [6.07, 6.45) is 3.85. The minimum absolute atomic E-state index is 0.138. The van der Waals surface area contributed by atoms with E-state index in [1.54, 1.807) is 19.0 Å². The third-order valence-corrected chi connectivity index (χ3v) is 4.08. The Morgan fingerprint density at radius 1 is 1.43 bits per heavy atom. The van der Waals surface area contributed by atoms with E-state index >= 15 is 0 Å². The number of benzene rings is 1. The summed E-state index contributed by atoms with van der Waals surface area (Å²) in [5.74, 6) is 0.974. The molecular weight excluding hydrogens is 332 g/mol. The highest BCUT2D eigenvalue weighted by atomic mass is 79.9. The van der Waals surface area contributed by atoms with Crippen LogP contribution < -0.4 is 10.1 Å². The molecule has 1 fully saturated rings. The zero-order valence-electron chi connectivity index (χ0n) is 12.7. The predicted octanol–water partition coefficient (Wildman–Crippen LogP) is 2.95. The first-order valence-corrected chi connectivity index (χ1v) is 8.20. The van der Waals surface area contributed by atoms with Crippen molar-refractivity contribution in [1.29, 1.82) is 0 Å². The zero-order chi connectivity index (χ0) is 15.2. The maximum Gasteiger partial charge on any atom is 0.222 e. The Kier molecular flexibility index (Phi) is 6.06. The van der Waals surface area contributed by atoms with Gasteiger partial charge in [-0.15, -0.1) is 0 Å². The topological polar surface area (TPSA) is 41.6 Å². The molecule has 4 nitrogen and oxygen atoms in total. The van der Waals surface area contributed by atoms with Crippen LogP contribution in [-0.2, 0) is 11.3 Å². The summed E-state index contributed by atoms with van der Waals surface area (Å²) in [4.78, 5) is 13.1. The molecule has 2 rings (SSSR count). The van der Waals surface area contributed by atoms with Crippen LogP contribution in [0.2, 0.25) is 0 Å². The summed E-state index contributed by atoms with van der Waals surface area (Å²) in [6.45, 7) is 1.46. The molecule has 0 saturated heterocycles. The second-order valence-electron chi connectivity index (χ2n) is 5.66. The van der Waals surface area contributed by atoms with E-state index < -0.39 is 0 Å². The Hall–Kier alpha value is -1.07. The Labute approximate surface area is 135 Å². The van der Waals surface area contributed by atoms with Crippen molar-refractivity contribution >= 4 is 21.8 Å². The summed E-state index contributed by atoms with van der Waals surface area (Å²) in [6, 6.07) is 6.88. The lowest BCUT2D eigenvalue weighted by Gasteiger charge is -2.12. The van der Waals surface area contributed by atoms with E-state index in [9.17, 15) is 4.79 Å². The minimum atomic E-state index is 0.138. The minimum Gasteiger partial charge on any atom is -0.492 e. The van der Waals surface area contributed by atoms with Gasteiger partial charge in [0.05, 0.1) is 11.1 Å². The first-order chi connectivity index (χ1) is 10.1. The molecule has 0 heterocycles. The van der Waals surface area contributed by atoms with Gasteiger partial charge < -0.3 is 15.0 Å². The molecule has 1 saturated carbocycles. The standard InChI is InChI=1S/C16H23BrN2O2/c1-19(2)16(20)4-3-9-21-15-8-5-12(10-14(15)17)11-18-13-6-7-13/h5,8,10,13,18H,3-4,6-7,9,11H2,1-2H3. The molecule has 0 bridgehead atoms. The van der Waals surface area contributed by atoms with Crippen molar-refractivity contribution < 1.29 is 9.53 Å². The van der Waals surface area contributed by atoms with Gasteiger partial charge in [-0.1, -0.05) is 6.07 Å². The highest BCUT2D eigenvalue weighted by molar-refractivity contribution is 9.10. The molecule has 21 heavy (non-hydrogen) atoms. The van der Waals surface area contributed by atoms with E-state index in [1.165, 1.54) is 18.4 Å². The highest BCUT2D eigenvalue weighted by Gasteiger charge is 2.20. The third-order valence-electron chi connectivity index (χ3n) is 3.46. The number of carbonyl (C=O) groups excluding carboxylic acids is 1. The third kappa shape index (κ3) is 5.67. The Morgan fingerprint density at radius 2 is 2.19 bits per heavy atom. The molecule has 1 amide bonds. The average Bonchev–Trinajstić information content (AvgIpc) is 3.26. The van der Waals surface area contributed by atoms with Crippen molar-refractivity contribution in [2.24, 2.45) is 0 Å². The average molecular weight is 355 g/mol.